The number of carbonyl (C=O) groups is 1. The molecule has 3 aromatic carbocycles. The summed E-state index contributed by atoms with van der Waals surface area (Å²) in [7, 11) is 1.20. The summed E-state index contributed by atoms with van der Waals surface area (Å²) < 4.78 is 66.8. The number of nitrogens with zero attached hydrogens (tertiary/aromatic N) is 3. The van der Waals surface area contributed by atoms with Gasteiger partial charge in [0.25, 0.3) is 0 Å². The summed E-state index contributed by atoms with van der Waals surface area (Å²) in [6.07, 6.45) is 1.05. The predicted molar refractivity (Wildman–Crippen MR) is 150 cm³/mol. The Bertz CT molecular complexity index is 1890. The number of ether oxygens (including phenoxy) is 1. The average Bonchev–Trinajstić information content (AvgIpc) is 3.58. The molecule has 0 spiro atoms. The molecule has 6 rings (SSSR count). The Hall–Kier alpha value is -4.70. The monoisotopic (exact) mass is 575 g/mol. The molecule has 0 aliphatic heterocycles. The van der Waals surface area contributed by atoms with Crippen molar-refractivity contribution in [2.45, 2.75) is 31.2 Å². The Labute approximate surface area is 237 Å². The molecule has 10 heteroatoms. The molecule has 1 atom stereocenters. The van der Waals surface area contributed by atoms with Crippen LogP contribution in [0.25, 0.3) is 27.5 Å². The molecule has 1 unspecified atom stereocenters. The van der Waals surface area contributed by atoms with Gasteiger partial charge in [0, 0.05) is 41.2 Å². The standard InChI is InChI=1S/C32H25F4N3O3/c1-42-30(40)26-9-5-8-25-27(19-38(29(25)26)18-20-6-3-2-4-7-20)31(41,32(34,35)36)22-10-15-28-21(16-22)17-37-39(28)24-13-11-23(33)12-14-24/h2-11,13,15-17,19,41H,12,14,18H2,1H3. The van der Waals surface area contributed by atoms with Crippen LogP contribution in [0.2, 0.25) is 0 Å². The van der Waals surface area contributed by atoms with Crippen molar-refractivity contribution in [1.29, 1.82) is 0 Å². The predicted octanol–water partition coefficient (Wildman–Crippen LogP) is 7.11. The fraction of sp³-hybridized carbons (Fsp3) is 0.188. The smallest absolute Gasteiger partial charge is 0.425 e. The van der Waals surface area contributed by atoms with Crippen molar-refractivity contribution >= 4 is 33.5 Å². The van der Waals surface area contributed by atoms with Gasteiger partial charge in [-0.15, -0.1) is 0 Å². The summed E-state index contributed by atoms with van der Waals surface area (Å²) in [5.74, 6) is -0.967. The molecule has 0 amide bonds. The van der Waals surface area contributed by atoms with Gasteiger partial charge in [0.2, 0.25) is 5.60 Å². The number of esters is 1. The fourth-order valence-electron chi connectivity index (χ4n) is 5.56. The molecule has 0 bridgehead atoms. The highest BCUT2D eigenvalue weighted by atomic mass is 19.4. The molecular formula is C32H25F4N3O3. The van der Waals surface area contributed by atoms with Crippen molar-refractivity contribution in [1.82, 2.24) is 14.3 Å². The number of hydrogen-bond donors (Lipinski definition) is 1. The first-order valence-corrected chi connectivity index (χ1v) is 13.2. The van der Waals surface area contributed by atoms with Crippen molar-refractivity contribution in [3.05, 3.63) is 119 Å². The Morgan fingerprint density at radius 3 is 2.50 bits per heavy atom. The second-order valence-corrected chi connectivity index (χ2v) is 10.2. The van der Waals surface area contributed by atoms with Crippen LogP contribution in [0.5, 0.6) is 0 Å². The normalized spacial score (nSPS) is 15.4. The van der Waals surface area contributed by atoms with Crippen molar-refractivity contribution in [3.63, 3.8) is 0 Å². The molecule has 0 fully saturated rings. The molecule has 214 valence electrons. The quantitative estimate of drug-likeness (QED) is 0.173. The zero-order valence-corrected chi connectivity index (χ0v) is 22.4. The molecule has 1 aliphatic carbocycles. The summed E-state index contributed by atoms with van der Waals surface area (Å²) in [5, 5.41) is 16.5. The minimum Gasteiger partial charge on any atom is -0.465 e. The fourth-order valence-corrected chi connectivity index (χ4v) is 5.56. The highest BCUT2D eigenvalue weighted by molar-refractivity contribution is 6.04. The van der Waals surface area contributed by atoms with E-state index in [2.05, 4.69) is 5.10 Å². The first-order valence-electron chi connectivity index (χ1n) is 13.2. The van der Waals surface area contributed by atoms with Gasteiger partial charge in [-0.05, 0) is 47.9 Å². The summed E-state index contributed by atoms with van der Waals surface area (Å²) in [6, 6.07) is 17.4. The lowest BCUT2D eigenvalue weighted by Crippen LogP contribution is -2.43. The first kappa shape index (κ1) is 27.5. The number of methoxy groups -OCH3 is 1. The van der Waals surface area contributed by atoms with Crippen LogP contribution in [0.1, 0.15) is 39.9 Å². The topological polar surface area (TPSA) is 69.3 Å². The molecule has 0 saturated heterocycles. The van der Waals surface area contributed by atoms with Gasteiger partial charge in [-0.2, -0.15) is 18.3 Å². The summed E-state index contributed by atoms with van der Waals surface area (Å²) >= 11 is 0. The van der Waals surface area contributed by atoms with E-state index in [9.17, 15) is 14.3 Å². The number of para-hydroxylation sites is 1. The molecule has 2 heterocycles. The molecule has 0 radical (unpaired) electrons. The zero-order valence-electron chi connectivity index (χ0n) is 22.4. The molecule has 42 heavy (non-hydrogen) atoms. The maximum absolute atomic E-state index is 15.1. The van der Waals surface area contributed by atoms with E-state index in [0.717, 1.165) is 5.56 Å². The van der Waals surface area contributed by atoms with Crippen molar-refractivity contribution in [2.24, 2.45) is 0 Å². The molecule has 5 aromatic rings. The Morgan fingerprint density at radius 1 is 1.02 bits per heavy atom. The number of alkyl halides is 3. The third-order valence-electron chi connectivity index (χ3n) is 7.63. The van der Waals surface area contributed by atoms with Gasteiger partial charge in [0.05, 0.1) is 29.9 Å². The summed E-state index contributed by atoms with van der Waals surface area (Å²) in [4.78, 5) is 12.7. The van der Waals surface area contributed by atoms with E-state index in [1.807, 2.05) is 18.2 Å². The maximum atomic E-state index is 15.1. The van der Waals surface area contributed by atoms with Crippen molar-refractivity contribution in [3.8, 4) is 0 Å². The SMILES string of the molecule is COC(=O)c1cccc2c(C(O)(c3ccc4c(cnn4C4=CC=C(F)CC4)c3)C(F)(F)F)cn(Cc3ccccc3)c12. The number of allylic oxidation sites excluding steroid dienone is 4. The van der Waals surface area contributed by atoms with E-state index >= 15 is 13.2 Å². The highest BCUT2D eigenvalue weighted by Crippen LogP contribution is 2.48. The van der Waals surface area contributed by atoms with E-state index < -0.39 is 28.9 Å². The Kier molecular flexibility index (Phi) is 6.73. The average molecular weight is 576 g/mol. The van der Waals surface area contributed by atoms with Gasteiger partial charge in [0.1, 0.15) is 5.83 Å². The summed E-state index contributed by atoms with van der Waals surface area (Å²) in [6.45, 7) is 0.148. The number of rotatable bonds is 6. The second kappa shape index (κ2) is 10.3. The Morgan fingerprint density at radius 2 is 1.81 bits per heavy atom. The van der Waals surface area contributed by atoms with E-state index in [0.29, 0.717) is 23.0 Å². The van der Waals surface area contributed by atoms with E-state index in [1.165, 1.54) is 66.5 Å². The summed E-state index contributed by atoms with van der Waals surface area (Å²) in [5.41, 5.74) is -1.98. The third-order valence-corrected chi connectivity index (χ3v) is 7.63. The largest absolute Gasteiger partial charge is 0.465 e. The molecule has 1 aliphatic rings. The Balaban J connectivity index is 1.55. The van der Waals surface area contributed by atoms with Crippen LogP contribution in [-0.2, 0) is 16.9 Å². The van der Waals surface area contributed by atoms with E-state index in [4.69, 9.17) is 4.74 Å². The minimum atomic E-state index is -5.14. The van der Waals surface area contributed by atoms with Gasteiger partial charge in [0.15, 0.2) is 0 Å². The van der Waals surface area contributed by atoms with Crippen LogP contribution >= 0.6 is 0 Å². The number of fused-ring (bicyclic) bond motifs is 2. The lowest BCUT2D eigenvalue weighted by Gasteiger charge is -2.31. The van der Waals surface area contributed by atoms with Crippen LogP contribution in [-0.4, -0.2) is 38.7 Å². The second-order valence-electron chi connectivity index (χ2n) is 10.2. The van der Waals surface area contributed by atoms with Gasteiger partial charge in [-0.1, -0.05) is 48.5 Å². The number of aliphatic hydroxyl groups is 1. The van der Waals surface area contributed by atoms with Gasteiger partial charge in [-0.3, -0.25) is 0 Å². The van der Waals surface area contributed by atoms with Crippen molar-refractivity contribution in [2.75, 3.05) is 7.11 Å². The lowest BCUT2D eigenvalue weighted by molar-refractivity contribution is -0.247. The van der Waals surface area contributed by atoms with Crippen LogP contribution in [0.4, 0.5) is 17.6 Å². The number of carbonyl (C=O) groups excluding carboxylic acids is 1. The van der Waals surface area contributed by atoms with Crippen LogP contribution < -0.4 is 0 Å². The molecule has 2 aromatic heterocycles. The zero-order chi connectivity index (χ0) is 29.6. The van der Waals surface area contributed by atoms with Crippen LogP contribution in [0.15, 0.2) is 97.1 Å². The number of hydrogen-bond acceptors (Lipinski definition) is 4. The van der Waals surface area contributed by atoms with Gasteiger partial charge >= 0.3 is 12.1 Å². The third kappa shape index (κ3) is 4.48. The number of benzene rings is 3. The van der Waals surface area contributed by atoms with Gasteiger partial charge in [-0.25, -0.2) is 13.9 Å². The van der Waals surface area contributed by atoms with Crippen molar-refractivity contribution < 1.29 is 32.2 Å². The molecule has 1 N–H and O–H groups in total. The van der Waals surface area contributed by atoms with Gasteiger partial charge < -0.3 is 14.4 Å². The maximum Gasteiger partial charge on any atom is 0.425 e. The first-order chi connectivity index (χ1) is 20.1. The molecular weight excluding hydrogens is 550 g/mol. The van der Waals surface area contributed by atoms with Crippen LogP contribution in [0.3, 0.4) is 0 Å². The van der Waals surface area contributed by atoms with E-state index in [1.54, 1.807) is 22.9 Å². The van der Waals surface area contributed by atoms with E-state index in [-0.39, 0.29) is 35.3 Å². The molecule has 0 saturated carbocycles. The molecule has 6 nitrogen and oxygen atoms in total. The number of halogens is 4. The lowest BCUT2D eigenvalue weighted by atomic mass is 9.84. The van der Waals surface area contributed by atoms with Crippen LogP contribution in [0, 0.1) is 0 Å². The number of aromatic nitrogens is 3. The highest BCUT2D eigenvalue weighted by Gasteiger charge is 2.57. The minimum absolute atomic E-state index is 0.0608.